The molecule has 16 heavy (non-hydrogen) atoms. The third-order valence-electron chi connectivity index (χ3n) is 2.53. The molecular formula is C12H21N3O. The first-order valence-electron chi connectivity index (χ1n) is 5.69. The molecule has 0 heterocycles. The van der Waals surface area contributed by atoms with Crippen LogP contribution in [0, 0.1) is 0 Å². The topological polar surface area (TPSA) is 61.5 Å². The van der Waals surface area contributed by atoms with Crippen LogP contribution >= 0.6 is 0 Å². The lowest BCUT2D eigenvalue weighted by atomic mass is 10.3. The maximum atomic E-state index is 8.84. The molecule has 0 unspecified atom stereocenters. The molecule has 0 radical (unpaired) electrons. The molecule has 1 rings (SSSR count). The zero-order valence-electron chi connectivity index (χ0n) is 9.82. The number of likely N-dealkylation sites (N-methyl/N-ethyl adjacent to an activating group) is 1. The number of hydrogen-bond acceptors (Lipinski definition) is 4. The van der Waals surface area contributed by atoms with Gasteiger partial charge in [0, 0.05) is 31.0 Å². The minimum atomic E-state index is 0.218. The molecular weight excluding hydrogens is 202 g/mol. The minimum absolute atomic E-state index is 0.218. The Kier molecular flexibility index (Phi) is 5.67. The molecule has 4 N–H and O–H groups in total. The molecule has 4 nitrogen and oxygen atoms in total. The van der Waals surface area contributed by atoms with Crippen molar-refractivity contribution in [1.82, 2.24) is 4.90 Å². The number of nitrogen functional groups attached to an aromatic ring is 1. The molecule has 0 aliphatic carbocycles. The molecule has 0 aromatic heterocycles. The molecule has 0 saturated carbocycles. The van der Waals surface area contributed by atoms with E-state index in [0.717, 1.165) is 37.6 Å². The van der Waals surface area contributed by atoms with Gasteiger partial charge >= 0.3 is 0 Å². The van der Waals surface area contributed by atoms with E-state index in [1.54, 1.807) is 0 Å². The molecule has 0 fully saturated rings. The van der Waals surface area contributed by atoms with Crippen molar-refractivity contribution in [1.29, 1.82) is 0 Å². The molecule has 0 atom stereocenters. The highest BCUT2D eigenvalue weighted by Gasteiger charge is 2.00. The summed E-state index contributed by atoms with van der Waals surface area (Å²) in [6, 6.07) is 7.70. The summed E-state index contributed by atoms with van der Waals surface area (Å²) in [5.74, 6) is 0. The summed E-state index contributed by atoms with van der Waals surface area (Å²) in [5.41, 5.74) is 7.46. The highest BCUT2D eigenvalue weighted by molar-refractivity contribution is 5.51. The fourth-order valence-corrected chi connectivity index (χ4v) is 1.53. The van der Waals surface area contributed by atoms with Gasteiger partial charge in [-0.15, -0.1) is 0 Å². The van der Waals surface area contributed by atoms with Crippen LogP contribution in [0.25, 0.3) is 0 Å². The molecule has 4 heteroatoms. The lowest BCUT2D eigenvalue weighted by Crippen LogP contribution is -2.31. The van der Waals surface area contributed by atoms with Gasteiger partial charge in [0.25, 0.3) is 0 Å². The monoisotopic (exact) mass is 223 g/mol. The largest absolute Gasteiger partial charge is 0.399 e. The molecule has 0 spiro atoms. The number of aliphatic hydroxyl groups excluding tert-OH is 1. The van der Waals surface area contributed by atoms with Crippen molar-refractivity contribution in [2.75, 3.05) is 43.8 Å². The molecule has 0 aliphatic heterocycles. The molecule has 0 aliphatic rings. The predicted molar refractivity (Wildman–Crippen MR) is 68.5 cm³/mol. The van der Waals surface area contributed by atoms with E-state index in [-0.39, 0.29) is 6.61 Å². The van der Waals surface area contributed by atoms with Gasteiger partial charge in [-0.2, -0.15) is 0 Å². The first-order chi connectivity index (χ1) is 7.76. The van der Waals surface area contributed by atoms with Crippen LogP contribution in [0.2, 0.25) is 0 Å². The Morgan fingerprint density at radius 3 is 2.50 bits per heavy atom. The second kappa shape index (κ2) is 7.09. The Hall–Kier alpha value is -1.26. The first kappa shape index (κ1) is 12.8. The van der Waals surface area contributed by atoms with Crippen LogP contribution in [0.15, 0.2) is 24.3 Å². The van der Waals surface area contributed by atoms with E-state index in [1.165, 1.54) is 0 Å². The van der Waals surface area contributed by atoms with Crippen molar-refractivity contribution in [3.05, 3.63) is 24.3 Å². The second-order valence-corrected chi connectivity index (χ2v) is 3.71. The van der Waals surface area contributed by atoms with E-state index in [9.17, 15) is 0 Å². The summed E-state index contributed by atoms with van der Waals surface area (Å²) in [5, 5.41) is 12.2. The van der Waals surface area contributed by atoms with Crippen LogP contribution in [0.4, 0.5) is 11.4 Å². The van der Waals surface area contributed by atoms with Gasteiger partial charge in [-0.1, -0.05) is 6.92 Å². The van der Waals surface area contributed by atoms with Crippen LogP contribution in [-0.2, 0) is 0 Å². The van der Waals surface area contributed by atoms with Gasteiger partial charge in [0.15, 0.2) is 0 Å². The number of aliphatic hydroxyl groups is 1. The van der Waals surface area contributed by atoms with Crippen molar-refractivity contribution in [2.45, 2.75) is 6.92 Å². The Labute approximate surface area is 97.1 Å². The highest BCUT2D eigenvalue weighted by atomic mass is 16.3. The molecule has 0 bridgehead atoms. The van der Waals surface area contributed by atoms with Gasteiger partial charge in [-0.3, -0.25) is 4.90 Å². The molecule has 90 valence electrons. The minimum Gasteiger partial charge on any atom is -0.399 e. The third kappa shape index (κ3) is 4.51. The number of nitrogens with zero attached hydrogens (tertiary/aromatic N) is 1. The Balaban J connectivity index is 2.26. The van der Waals surface area contributed by atoms with E-state index in [0.29, 0.717) is 0 Å². The van der Waals surface area contributed by atoms with Crippen molar-refractivity contribution >= 4 is 11.4 Å². The highest BCUT2D eigenvalue weighted by Crippen LogP contribution is 2.09. The average Bonchev–Trinajstić information content (AvgIpc) is 2.30. The molecule has 1 aromatic rings. The molecule has 0 saturated heterocycles. The standard InChI is InChI=1S/C12H21N3O/c1-2-15(9-10-16)8-7-14-12-5-3-11(13)4-6-12/h3-6,14,16H,2,7-10,13H2,1H3. The van der Waals surface area contributed by atoms with Crippen molar-refractivity contribution in [3.8, 4) is 0 Å². The summed E-state index contributed by atoms with van der Waals surface area (Å²) in [4.78, 5) is 2.20. The van der Waals surface area contributed by atoms with Gasteiger partial charge < -0.3 is 16.2 Å². The number of nitrogens with one attached hydrogen (secondary N) is 1. The van der Waals surface area contributed by atoms with E-state index in [4.69, 9.17) is 10.8 Å². The Bertz CT molecular complexity index is 287. The van der Waals surface area contributed by atoms with Gasteiger partial charge in [0.2, 0.25) is 0 Å². The first-order valence-corrected chi connectivity index (χ1v) is 5.69. The normalized spacial score (nSPS) is 10.7. The van der Waals surface area contributed by atoms with Gasteiger partial charge in [-0.25, -0.2) is 0 Å². The fraction of sp³-hybridized carbons (Fsp3) is 0.500. The van der Waals surface area contributed by atoms with E-state index in [1.807, 2.05) is 24.3 Å². The summed E-state index contributed by atoms with van der Waals surface area (Å²) in [7, 11) is 0. The van der Waals surface area contributed by atoms with Crippen LogP contribution in [0.5, 0.6) is 0 Å². The van der Waals surface area contributed by atoms with Crippen LogP contribution in [-0.4, -0.2) is 42.8 Å². The fourth-order valence-electron chi connectivity index (χ4n) is 1.53. The zero-order chi connectivity index (χ0) is 11.8. The predicted octanol–water partition coefficient (Wildman–Crippen LogP) is 0.995. The lowest BCUT2D eigenvalue weighted by Gasteiger charge is -2.19. The Morgan fingerprint density at radius 2 is 1.94 bits per heavy atom. The molecule has 0 amide bonds. The summed E-state index contributed by atoms with van der Waals surface area (Å²) >= 11 is 0. The number of benzene rings is 1. The number of nitrogens with two attached hydrogens (primary N) is 1. The second-order valence-electron chi connectivity index (χ2n) is 3.71. The van der Waals surface area contributed by atoms with E-state index in [2.05, 4.69) is 17.1 Å². The van der Waals surface area contributed by atoms with Crippen molar-refractivity contribution in [3.63, 3.8) is 0 Å². The SMILES string of the molecule is CCN(CCO)CCNc1ccc(N)cc1. The van der Waals surface area contributed by atoms with Gasteiger partial charge in [-0.05, 0) is 30.8 Å². The summed E-state index contributed by atoms with van der Waals surface area (Å²) in [6.07, 6.45) is 0. The van der Waals surface area contributed by atoms with Crippen molar-refractivity contribution < 1.29 is 5.11 Å². The maximum absolute atomic E-state index is 8.84. The van der Waals surface area contributed by atoms with E-state index >= 15 is 0 Å². The smallest absolute Gasteiger partial charge is 0.0558 e. The van der Waals surface area contributed by atoms with E-state index < -0.39 is 0 Å². The maximum Gasteiger partial charge on any atom is 0.0558 e. The van der Waals surface area contributed by atoms with Gasteiger partial charge in [0.05, 0.1) is 6.61 Å². The van der Waals surface area contributed by atoms with Crippen LogP contribution in [0.3, 0.4) is 0 Å². The Morgan fingerprint density at radius 1 is 1.25 bits per heavy atom. The summed E-state index contributed by atoms with van der Waals surface area (Å²) in [6.45, 7) is 5.82. The quantitative estimate of drug-likeness (QED) is 0.603. The summed E-state index contributed by atoms with van der Waals surface area (Å²) < 4.78 is 0. The lowest BCUT2D eigenvalue weighted by molar-refractivity contribution is 0.206. The average molecular weight is 223 g/mol. The molecule has 1 aromatic carbocycles. The zero-order valence-corrected chi connectivity index (χ0v) is 9.82. The van der Waals surface area contributed by atoms with Gasteiger partial charge in [0.1, 0.15) is 0 Å². The number of hydrogen-bond donors (Lipinski definition) is 3. The number of anilines is 2. The van der Waals surface area contributed by atoms with Crippen LogP contribution in [0.1, 0.15) is 6.92 Å². The van der Waals surface area contributed by atoms with Crippen LogP contribution < -0.4 is 11.1 Å². The van der Waals surface area contributed by atoms with Crippen molar-refractivity contribution in [2.24, 2.45) is 0 Å². The number of rotatable bonds is 7. The third-order valence-corrected chi connectivity index (χ3v) is 2.53.